The van der Waals surface area contributed by atoms with E-state index in [1.165, 1.54) is 12.1 Å². The molecule has 2 aliphatic rings. The molecule has 0 spiro atoms. The molecule has 1 unspecified atom stereocenters. The van der Waals surface area contributed by atoms with E-state index in [2.05, 4.69) is 6.07 Å². The lowest BCUT2D eigenvalue weighted by atomic mass is 9.89. The molecule has 1 aliphatic heterocycles. The molecule has 0 amide bonds. The molecule has 2 aromatic heterocycles. The van der Waals surface area contributed by atoms with Crippen molar-refractivity contribution in [3.63, 3.8) is 0 Å². The highest BCUT2D eigenvalue weighted by molar-refractivity contribution is 6.33. The van der Waals surface area contributed by atoms with Gasteiger partial charge < -0.3 is 9.84 Å². The third-order valence-corrected chi connectivity index (χ3v) is 7.04. The maximum absolute atomic E-state index is 13.9. The summed E-state index contributed by atoms with van der Waals surface area (Å²) in [5.41, 5.74) is 6.43. The summed E-state index contributed by atoms with van der Waals surface area (Å²) in [7, 11) is 0. The molecule has 0 radical (unpaired) electrons. The van der Waals surface area contributed by atoms with Gasteiger partial charge in [-0.15, -0.1) is 0 Å². The Balaban J connectivity index is 1.49. The number of hydrogen-bond acceptors (Lipinski definition) is 4. The number of fused-ring (bicyclic) bond motifs is 3. The predicted molar refractivity (Wildman–Crippen MR) is 131 cm³/mol. The second-order valence-corrected chi connectivity index (χ2v) is 9.47. The van der Waals surface area contributed by atoms with Gasteiger partial charge in [-0.25, -0.2) is 9.37 Å². The van der Waals surface area contributed by atoms with Gasteiger partial charge in [0.05, 0.1) is 22.5 Å². The number of hydrogen-bond donors (Lipinski definition) is 1. The van der Waals surface area contributed by atoms with E-state index in [9.17, 15) is 14.8 Å². The zero-order valence-electron chi connectivity index (χ0n) is 18.9. The maximum Gasteiger partial charge on any atom is 0.156 e. The van der Waals surface area contributed by atoms with Gasteiger partial charge in [0, 0.05) is 34.9 Å². The van der Waals surface area contributed by atoms with Gasteiger partial charge in [0.1, 0.15) is 24.3 Å². The molecule has 4 aromatic rings. The molecule has 1 saturated carbocycles. The molecule has 174 valence electrons. The lowest BCUT2D eigenvalue weighted by molar-refractivity contribution is 0.212. The van der Waals surface area contributed by atoms with Crippen molar-refractivity contribution in [3.8, 4) is 11.8 Å². The first kappa shape index (κ1) is 21.8. The third-order valence-electron chi connectivity index (χ3n) is 6.74. The Morgan fingerprint density at radius 2 is 2.03 bits per heavy atom. The molecule has 6 rings (SSSR count). The van der Waals surface area contributed by atoms with Gasteiger partial charge in [-0.1, -0.05) is 23.7 Å². The quantitative estimate of drug-likeness (QED) is 0.344. The van der Waals surface area contributed by atoms with Crippen LogP contribution in [0.3, 0.4) is 0 Å². The van der Waals surface area contributed by atoms with Crippen LogP contribution in [-0.2, 0) is 6.61 Å². The fraction of sp³-hybridized carbons (Fsp3) is 0.214. The normalized spacial score (nSPS) is 17.1. The van der Waals surface area contributed by atoms with Gasteiger partial charge in [-0.05, 0) is 66.8 Å². The minimum absolute atomic E-state index is 0.184. The van der Waals surface area contributed by atoms with Crippen molar-refractivity contribution in [2.45, 2.75) is 38.4 Å². The minimum Gasteiger partial charge on any atom is -0.488 e. The summed E-state index contributed by atoms with van der Waals surface area (Å²) >= 11 is 6.41. The summed E-state index contributed by atoms with van der Waals surface area (Å²) in [4.78, 5) is 4.77. The Labute approximate surface area is 206 Å². The number of imidazole rings is 1. The molecule has 35 heavy (non-hydrogen) atoms. The number of nitrogens with zero attached hydrogens (tertiary/aromatic N) is 3. The molecule has 7 heteroatoms. The topological polar surface area (TPSA) is 70.5 Å². The summed E-state index contributed by atoms with van der Waals surface area (Å²) in [6.07, 6.45) is 3.01. The Morgan fingerprint density at radius 3 is 2.80 bits per heavy atom. The second kappa shape index (κ2) is 8.23. The Morgan fingerprint density at radius 1 is 1.23 bits per heavy atom. The van der Waals surface area contributed by atoms with Crippen LogP contribution in [0.4, 0.5) is 4.39 Å². The Hall–Kier alpha value is -3.66. The van der Waals surface area contributed by atoms with Crippen LogP contribution >= 0.6 is 11.6 Å². The monoisotopic (exact) mass is 485 g/mol. The van der Waals surface area contributed by atoms with Crippen LogP contribution in [0.5, 0.6) is 5.75 Å². The highest BCUT2D eigenvalue weighted by Crippen LogP contribution is 2.45. The Bertz CT molecular complexity index is 1580. The van der Waals surface area contributed by atoms with E-state index < -0.39 is 11.9 Å². The van der Waals surface area contributed by atoms with Gasteiger partial charge in [-0.3, -0.25) is 4.40 Å². The molecule has 0 bridgehead atoms. The summed E-state index contributed by atoms with van der Waals surface area (Å²) < 4.78 is 21.8. The zero-order valence-corrected chi connectivity index (χ0v) is 19.7. The highest BCUT2D eigenvalue weighted by Gasteiger charge is 2.34. The number of allylic oxidation sites excluding steroid dienone is 1. The van der Waals surface area contributed by atoms with E-state index in [0.717, 1.165) is 29.7 Å². The molecule has 0 saturated heterocycles. The van der Waals surface area contributed by atoms with Gasteiger partial charge in [0.15, 0.2) is 5.65 Å². The number of nitriles is 1. The predicted octanol–water partition coefficient (Wildman–Crippen LogP) is 6.32. The molecule has 1 atom stereocenters. The zero-order chi connectivity index (χ0) is 24.3. The van der Waals surface area contributed by atoms with E-state index >= 15 is 0 Å². The van der Waals surface area contributed by atoms with Crippen LogP contribution in [0, 0.1) is 17.1 Å². The van der Waals surface area contributed by atoms with Crippen LogP contribution in [-0.4, -0.2) is 14.5 Å². The van der Waals surface area contributed by atoms with E-state index in [0.29, 0.717) is 50.3 Å². The molecule has 3 heterocycles. The lowest BCUT2D eigenvalue weighted by Gasteiger charge is -2.17. The fourth-order valence-corrected chi connectivity index (χ4v) is 5.09. The van der Waals surface area contributed by atoms with Crippen LogP contribution in [0.15, 0.2) is 60.3 Å². The average molecular weight is 486 g/mol. The van der Waals surface area contributed by atoms with Crippen molar-refractivity contribution in [2.24, 2.45) is 0 Å². The van der Waals surface area contributed by atoms with Crippen LogP contribution in [0.25, 0.3) is 11.2 Å². The number of rotatable bonds is 3. The highest BCUT2D eigenvalue weighted by atomic mass is 35.5. The van der Waals surface area contributed by atoms with E-state index in [-0.39, 0.29) is 6.61 Å². The first-order chi connectivity index (χ1) is 17.0. The number of ether oxygens (including phenoxy) is 1. The number of benzene rings is 2. The van der Waals surface area contributed by atoms with E-state index in [4.69, 9.17) is 21.3 Å². The molecule has 1 fully saturated rings. The summed E-state index contributed by atoms with van der Waals surface area (Å²) in [5.74, 6) is 0.302. The smallest absolute Gasteiger partial charge is 0.156 e. The molecule has 1 N–H and O–H groups in total. The number of aromatic nitrogens is 2. The second-order valence-electron chi connectivity index (χ2n) is 9.07. The summed E-state index contributed by atoms with van der Waals surface area (Å²) in [6.45, 7) is 1.92. The van der Waals surface area contributed by atoms with Crippen LogP contribution in [0.1, 0.15) is 65.4 Å². The SMILES string of the molecule is C/C(C#N)=C1/c2ccc(C(O)c3c(C4CC4)nc4c(Cl)cccn34)cc2COc2cc(F)ccc21. The first-order valence-electron chi connectivity index (χ1n) is 11.5. The summed E-state index contributed by atoms with van der Waals surface area (Å²) in [6, 6.07) is 15.9. The molecular weight excluding hydrogens is 465 g/mol. The van der Waals surface area contributed by atoms with Crippen LogP contribution < -0.4 is 4.74 Å². The van der Waals surface area contributed by atoms with Gasteiger partial charge in [-0.2, -0.15) is 5.26 Å². The van der Waals surface area contributed by atoms with Crippen molar-refractivity contribution in [1.82, 2.24) is 9.38 Å². The van der Waals surface area contributed by atoms with Crippen molar-refractivity contribution >= 4 is 22.8 Å². The van der Waals surface area contributed by atoms with Gasteiger partial charge >= 0.3 is 0 Å². The van der Waals surface area contributed by atoms with Crippen molar-refractivity contribution in [1.29, 1.82) is 5.26 Å². The number of aliphatic hydroxyl groups excluding tert-OH is 1. The average Bonchev–Trinajstić information content (AvgIpc) is 3.65. The number of halogens is 2. The van der Waals surface area contributed by atoms with E-state index in [1.807, 2.05) is 34.9 Å². The number of aliphatic hydroxyl groups is 1. The van der Waals surface area contributed by atoms with Crippen molar-refractivity contribution in [3.05, 3.63) is 105 Å². The summed E-state index contributed by atoms with van der Waals surface area (Å²) in [5, 5.41) is 21.8. The maximum atomic E-state index is 13.9. The van der Waals surface area contributed by atoms with Crippen LogP contribution in [0.2, 0.25) is 5.02 Å². The van der Waals surface area contributed by atoms with E-state index in [1.54, 1.807) is 19.1 Å². The molecule has 1 aliphatic carbocycles. The lowest BCUT2D eigenvalue weighted by Crippen LogP contribution is -2.08. The first-order valence-corrected chi connectivity index (χ1v) is 11.9. The molecular formula is C28H21ClFN3O2. The number of pyridine rings is 1. The minimum atomic E-state index is -0.933. The van der Waals surface area contributed by atoms with Crippen molar-refractivity contribution < 1.29 is 14.2 Å². The standard InChI is InChI=1S/C28H21ClFN3O2/c1-15(13-31)24-20-8-6-17(11-18(20)14-35-23-12-19(30)7-9-21(23)24)27(34)26-25(16-4-5-16)32-28-22(29)3-2-10-33(26)28/h2-3,6-12,16,27,34H,4-5,14H2,1H3/b24-15+. The fourth-order valence-electron chi connectivity index (χ4n) is 4.89. The molecule has 5 nitrogen and oxygen atoms in total. The van der Waals surface area contributed by atoms with Gasteiger partial charge in [0.25, 0.3) is 0 Å². The largest absolute Gasteiger partial charge is 0.488 e. The van der Waals surface area contributed by atoms with Gasteiger partial charge in [0.2, 0.25) is 0 Å². The van der Waals surface area contributed by atoms with Crippen molar-refractivity contribution in [2.75, 3.05) is 0 Å². The Kier molecular flexibility index (Phi) is 5.14. The molecule has 2 aromatic carbocycles. The third kappa shape index (κ3) is 3.59.